The number of carbonyl (C=O) groups is 1. The number of hydrogen-bond acceptors (Lipinski definition) is 3. The molecule has 0 aliphatic carbocycles. The van der Waals surface area contributed by atoms with E-state index in [1.807, 2.05) is 4.90 Å². The number of nitrogens with one attached hydrogen (secondary N) is 1. The van der Waals surface area contributed by atoms with E-state index in [1.165, 1.54) is 0 Å². The van der Waals surface area contributed by atoms with Gasteiger partial charge in [0, 0.05) is 32.6 Å². The highest BCUT2D eigenvalue weighted by Gasteiger charge is 2.26. The van der Waals surface area contributed by atoms with Gasteiger partial charge in [0.1, 0.15) is 0 Å². The summed E-state index contributed by atoms with van der Waals surface area (Å²) >= 11 is 0. The second-order valence-electron chi connectivity index (χ2n) is 4.75. The second-order valence-corrected chi connectivity index (χ2v) is 4.75. The fourth-order valence-corrected chi connectivity index (χ4v) is 2.24. The van der Waals surface area contributed by atoms with Crippen molar-refractivity contribution in [3.63, 3.8) is 0 Å². The van der Waals surface area contributed by atoms with E-state index in [0.29, 0.717) is 24.5 Å². The lowest BCUT2D eigenvalue weighted by molar-refractivity contribution is -0.135. The first kappa shape index (κ1) is 11.9. The molecule has 2 rings (SSSR count). The van der Waals surface area contributed by atoms with Gasteiger partial charge in [-0.1, -0.05) is 6.92 Å². The van der Waals surface area contributed by atoms with Crippen LogP contribution in [-0.4, -0.2) is 49.2 Å². The highest BCUT2D eigenvalue weighted by molar-refractivity contribution is 5.76. The Bertz CT molecular complexity index is 233. The summed E-state index contributed by atoms with van der Waals surface area (Å²) in [5.74, 6) is 0.311. The number of ether oxygens (including phenoxy) is 1. The minimum atomic E-state index is 0.311. The minimum Gasteiger partial charge on any atom is -0.372 e. The molecule has 0 aromatic rings. The molecule has 1 amide bonds. The van der Waals surface area contributed by atoms with Crippen molar-refractivity contribution >= 4 is 5.91 Å². The van der Waals surface area contributed by atoms with Crippen LogP contribution in [0.2, 0.25) is 0 Å². The van der Waals surface area contributed by atoms with E-state index in [-0.39, 0.29) is 0 Å². The number of hydrogen-bond donors (Lipinski definition) is 1. The SMILES string of the molecule is CCCC(=O)N1CCC(OC2CNC2)CC1. The normalized spacial score (nSPS) is 23.2. The molecule has 2 heterocycles. The summed E-state index contributed by atoms with van der Waals surface area (Å²) in [5.41, 5.74) is 0. The van der Waals surface area contributed by atoms with Crippen LogP contribution in [0.3, 0.4) is 0 Å². The standard InChI is InChI=1S/C12H22N2O2/c1-2-3-12(15)14-6-4-10(5-7-14)16-11-8-13-9-11/h10-11,13H,2-9H2,1H3. The van der Waals surface area contributed by atoms with Crippen molar-refractivity contribution in [2.75, 3.05) is 26.2 Å². The van der Waals surface area contributed by atoms with Gasteiger partial charge >= 0.3 is 0 Å². The maximum atomic E-state index is 11.7. The molecular formula is C12H22N2O2. The summed E-state index contributed by atoms with van der Waals surface area (Å²) in [6.07, 6.45) is 4.44. The Morgan fingerprint density at radius 3 is 2.50 bits per heavy atom. The molecule has 2 saturated heterocycles. The summed E-state index contributed by atoms with van der Waals surface area (Å²) in [7, 11) is 0. The first-order valence-electron chi connectivity index (χ1n) is 6.43. The Balaban J connectivity index is 1.67. The Kier molecular flexibility index (Phi) is 4.18. The Hall–Kier alpha value is -0.610. The summed E-state index contributed by atoms with van der Waals surface area (Å²) in [6, 6.07) is 0. The molecule has 0 saturated carbocycles. The van der Waals surface area contributed by atoms with Gasteiger partial charge in [-0.25, -0.2) is 0 Å². The monoisotopic (exact) mass is 226 g/mol. The lowest BCUT2D eigenvalue weighted by Gasteiger charge is -2.36. The molecule has 4 heteroatoms. The fraction of sp³-hybridized carbons (Fsp3) is 0.917. The molecule has 0 bridgehead atoms. The molecular weight excluding hydrogens is 204 g/mol. The number of nitrogens with zero attached hydrogens (tertiary/aromatic N) is 1. The molecule has 0 aromatic heterocycles. The van der Waals surface area contributed by atoms with Gasteiger partial charge in [0.05, 0.1) is 12.2 Å². The third kappa shape index (κ3) is 2.95. The van der Waals surface area contributed by atoms with Crippen LogP contribution in [0.25, 0.3) is 0 Å². The van der Waals surface area contributed by atoms with Crippen molar-refractivity contribution in [1.29, 1.82) is 0 Å². The molecule has 0 spiro atoms. The summed E-state index contributed by atoms with van der Waals surface area (Å²) in [4.78, 5) is 13.7. The zero-order valence-corrected chi connectivity index (χ0v) is 10.1. The lowest BCUT2D eigenvalue weighted by atomic mass is 10.1. The van der Waals surface area contributed by atoms with Crippen LogP contribution >= 0.6 is 0 Å². The van der Waals surface area contributed by atoms with Crippen molar-refractivity contribution in [2.45, 2.75) is 44.8 Å². The topological polar surface area (TPSA) is 41.6 Å². The van der Waals surface area contributed by atoms with Crippen molar-refractivity contribution in [3.8, 4) is 0 Å². The zero-order chi connectivity index (χ0) is 11.4. The smallest absolute Gasteiger partial charge is 0.222 e. The van der Waals surface area contributed by atoms with Gasteiger partial charge in [-0.05, 0) is 19.3 Å². The van der Waals surface area contributed by atoms with E-state index in [4.69, 9.17) is 4.74 Å². The third-order valence-corrected chi connectivity index (χ3v) is 3.39. The van der Waals surface area contributed by atoms with Crippen LogP contribution in [0.4, 0.5) is 0 Å². The first-order valence-corrected chi connectivity index (χ1v) is 6.43. The van der Waals surface area contributed by atoms with Crippen molar-refractivity contribution in [1.82, 2.24) is 10.2 Å². The summed E-state index contributed by atoms with van der Waals surface area (Å²) in [6.45, 7) is 5.80. The Labute approximate surface area is 97.3 Å². The number of piperidine rings is 1. The number of rotatable bonds is 4. The second kappa shape index (κ2) is 5.64. The molecule has 0 radical (unpaired) electrons. The van der Waals surface area contributed by atoms with Gasteiger partial charge in [-0.3, -0.25) is 4.79 Å². The highest BCUT2D eigenvalue weighted by atomic mass is 16.5. The molecule has 0 unspecified atom stereocenters. The van der Waals surface area contributed by atoms with E-state index in [0.717, 1.165) is 45.4 Å². The van der Waals surface area contributed by atoms with Crippen molar-refractivity contribution < 1.29 is 9.53 Å². The van der Waals surface area contributed by atoms with Gasteiger partial charge in [-0.2, -0.15) is 0 Å². The lowest BCUT2D eigenvalue weighted by Crippen LogP contribution is -2.51. The molecule has 16 heavy (non-hydrogen) atoms. The molecule has 1 N–H and O–H groups in total. The molecule has 0 atom stereocenters. The number of carbonyl (C=O) groups excluding carboxylic acids is 1. The number of likely N-dealkylation sites (tertiary alicyclic amines) is 1. The van der Waals surface area contributed by atoms with E-state index in [1.54, 1.807) is 0 Å². The first-order chi connectivity index (χ1) is 7.79. The largest absolute Gasteiger partial charge is 0.372 e. The van der Waals surface area contributed by atoms with E-state index >= 15 is 0 Å². The Morgan fingerprint density at radius 1 is 1.31 bits per heavy atom. The van der Waals surface area contributed by atoms with Gasteiger partial charge < -0.3 is 15.0 Å². The van der Waals surface area contributed by atoms with Crippen molar-refractivity contribution in [2.24, 2.45) is 0 Å². The van der Waals surface area contributed by atoms with Crippen LogP contribution in [0, 0.1) is 0 Å². The summed E-state index contributed by atoms with van der Waals surface area (Å²) < 4.78 is 5.91. The van der Waals surface area contributed by atoms with Crippen LogP contribution < -0.4 is 5.32 Å². The van der Waals surface area contributed by atoms with Crippen LogP contribution in [0.15, 0.2) is 0 Å². The molecule has 2 fully saturated rings. The zero-order valence-electron chi connectivity index (χ0n) is 10.1. The fourth-order valence-electron chi connectivity index (χ4n) is 2.24. The predicted molar refractivity (Wildman–Crippen MR) is 62.3 cm³/mol. The minimum absolute atomic E-state index is 0.311. The Morgan fingerprint density at radius 2 is 2.00 bits per heavy atom. The average Bonchev–Trinajstić information content (AvgIpc) is 2.25. The van der Waals surface area contributed by atoms with Crippen LogP contribution in [0.5, 0.6) is 0 Å². The van der Waals surface area contributed by atoms with Gasteiger partial charge in [0.2, 0.25) is 5.91 Å². The molecule has 92 valence electrons. The quantitative estimate of drug-likeness (QED) is 0.769. The van der Waals surface area contributed by atoms with E-state index in [2.05, 4.69) is 12.2 Å². The van der Waals surface area contributed by atoms with E-state index < -0.39 is 0 Å². The molecule has 4 nitrogen and oxygen atoms in total. The summed E-state index contributed by atoms with van der Waals surface area (Å²) in [5, 5.41) is 3.21. The van der Waals surface area contributed by atoms with Crippen molar-refractivity contribution in [3.05, 3.63) is 0 Å². The van der Waals surface area contributed by atoms with Crippen LogP contribution in [0.1, 0.15) is 32.6 Å². The molecule has 2 aliphatic rings. The molecule has 0 aromatic carbocycles. The van der Waals surface area contributed by atoms with Gasteiger partial charge in [-0.15, -0.1) is 0 Å². The van der Waals surface area contributed by atoms with E-state index in [9.17, 15) is 4.79 Å². The average molecular weight is 226 g/mol. The predicted octanol–water partition coefficient (Wildman–Crippen LogP) is 0.766. The number of amides is 1. The van der Waals surface area contributed by atoms with Gasteiger partial charge in [0.15, 0.2) is 0 Å². The highest BCUT2D eigenvalue weighted by Crippen LogP contribution is 2.17. The maximum absolute atomic E-state index is 11.7. The molecule has 2 aliphatic heterocycles. The maximum Gasteiger partial charge on any atom is 0.222 e. The van der Waals surface area contributed by atoms with Gasteiger partial charge in [0.25, 0.3) is 0 Å². The third-order valence-electron chi connectivity index (χ3n) is 3.39. The van der Waals surface area contributed by atoms with Crippen LogP contribution in [-0.2, 0) is 9.53 Å².